The van der Waals surface area contributed by atoms with Gasteiger partial charge in [-0.3, -0.25) is 19.3 Å². The van der Waals surface area contributed by atoms with Crippen LogP contribution in [-0.2, 0) is 16.1 Å². The van der Waals surface area contributed by atoms with Crippen molar-refractivity contribution < 1.29 is 9.59 Å². The van der Waals surface area contributed by atoms with Gasteiger partial charge < -0.3 is 15.2 Å². The molecule has 2 N–H and O–H groups in total. The molecule has 1 unspecified atom stereocenters. The number of carbonyl (C=O) groups excluding carboxylic acids is 2. The predicted molar refractivity (Wildman–Crippen MR) is 109 cm³/mol. The first-order valence-electron chi connectivity index (χ1n) is 9.94. The first kappa shape index (κ1) is 20.1. The summed E-state index contributed by atoms with van der Waals surface area (Å²) in [7, 11) is 0. The van der Waals surface area contributed by atoms with Crippen LogP contribution in [0.4, 0.5) is 0 Å². The van der Waals surface area contributed by atoms with E-state index in [9.17, 15) is 14.4 Å². The molecule has 1 saturated heterocycles. The zero-order valence-corrected chi connectivity index (χ0v) is 16.3. The quantitative estimate of drug-likeness (QED) is 0.714. The third-order valence-electron chi connectivity index (χ3n) is 5.31. The van der Waals surface area contributed by atoms with Gasteiger partial charge in [0.05, 0.1) is 0 Å². The Labute approximate surface area is 164 Å². The molecule has 0 bridgehead atoms. The Hall–Kier alpha value is -2.67. The minimum absolute atomic E-state index is 0.0567. The zero-order chi connectivity index (χ0) is 19.9. The van der Waals surface area contributed by atoms with Gasteiger partial charge in [-0.2, -0.15) is 0 Å². The fourth-order valence-corrected chi connectivity index (χ4v) is 3.74. The number of nitrogens with one attached hydrogen (secondary N) is 2. The van der Waals surface area contributed by atoms with Crippen molar-refractivity contribution in [3.63, 3.8) is 0 Å². The molecule has 1 aromatic carbocycles. The van der Waals surface area contributed by atoms with Gasteiger partial charge in [-0.05, 0) is 43.5 Å². The van der Waals surface area contributed by atoms with Crippen LogP contribution in [0.5, 0.6) is 0 Å². The number of benzene rings is 1. The summed E-state index contributed by atoms with van der Waals surface area (Å²) in [4.78, 5) is 38.9. The number of rotatable bonds is 8. The maximum absolute atomic E-state index is 12.4. The molecule has 0 aliphatic carbocycles. The Morgan fingerprint density at radius 1 is 1.14 bits per heavy atom. The molecule has 7 heteroatoms. The lowest BCUT2D eigenvalue weighted by Gasteiger charge is -2.22. The van der Waals surface area contributed by atoms with Crippen molar-refractivity contribution in [1.82, 2.24) is 20.1 Å². The van der Waals surface area contributed by atoms with E-state index >= 15 is 0 Å². The SMILES string of the molecule is CCN1CCCC1CNC(=O)CCNC(=O)Cn1ccc2ccccc2c1=O. The maximum atomic E-state index is 12.4. The molecule has 2 heterocycles. The molecule has 1 aliphatic rings. The van der Waals surface area contributed by atoms with E-state index in [2.05, 4.69) is 22.5 Å². The molecule has 1 aliphatic heterocycles. The highest BCUT2D eigenvalue weighted by Gasteiger charge is 2.22. The smallest absolute Gasteiger partial charge is 0.258 e. The van der Waals surface area contributed by atoms with Gasteiger partial charge in [0.2, 0.25) is 11.8 Å². The number of amides is 2. The van der Waals surface area contributed by atoms with Crippen molar-refractivity contribution in [3.05, 3.63) is 46.9 Å². The van der Waals surface area contributed by atoms with E-state index in [1.807, 2.05) is 18.2 Å². The van der Waals surface area contributed by atoms with Gasteiger partial charge in [-0.25, -0.2) is 0 Å². The van der Waals surface area contributed by atoms with Gasteiger partial charge in [0.25, 0.3) is 5.56 Å². The van der Waals surface area contributed by atoms with Gasteiger partial charge >= 0.3 is 0 Å². The van der Waals surface area contributed by atoms with E-state index in [1.54, 1.807) is 18.3 Å². The highest BCUT2D eigenvalue weighted by atomic mass is 16.2. The fourth-order valence-electron chi connectivity index (χ4n) is 3.74. The summed E-state index contributed by atoms with van der Waals surface area (Å²) in [5.41, 5.74) is -0.192. The number of aromatic nitrogens is 1. The molecule has 2 aromatic rings. The van der Waals surface area contributed by atoms with Crippen LogP contribution in [0.2, 0.25) is 0 Å². The van der Waals surface area contributed by atoms with E-state index in [0.717, 1.165) is 24.9 Å². The van der Waals surface area contributed by atoms with Crippen LogP contribution in [0.1, 0.15) is 26.2 Å². The summed E-state index contributed by atoms with van der Waals surface area (Å²) in [6.07, 6.45) is 4.15. The van der Waals surface area contributed by atoms with Crippen LogP contribution in [-0.4, -0.2) is 53.5 Å². The molecule has 1 aromatic heterocycles. The normalized spacial score (nSPS) is 17.0. The second-order valence-corrected chi connectivity index (χ2v) is 7.16. The van der Waals surface area contributed by atoms with Crippen LogP contribution < -0.4 is 16.2 Å². The van der Waals surface area contributed by atoms with Crippen molar-refractivity contribution in [3.8, 4) is 0 Å². The highest BCUT2D eigenvalue weighted by molar-refractivity contribution is 5.82. The van der Waals surface area contributed by atoms with Gasteiger partial charge in [-0.1, -0.05) is 25.1 Å². The second-order valence-electron chi connectivity index (χ2n) is 7.16. The number of hydrogen-bond acceptors (Lipinski definition) is 4. The maximum Gasteiger partial charge on any atom is 0.258 e. The number of fused-ring (bicyclic) bond motifs is 1. The number of pyridine rings is 1. The van der Waals surface area contributed by atoms with Gasteiger partial charge in [0, 0.05) is 37.1 Å². The molecule has 0 spiro atoms. The lowest BCUT2D eigenvalue weighted by molar-refractivity contribution is -0.122. The largest absolute Gasteiger partial charge is 0.354 e. The average molecular weight is 384 g/mol. The van der Waals surface area contributed by atoms with E-state index in [1.165, 1.54) is 11.0 Å². The van der Waals surface area contributed by atoms with Crippen LogP contribution in [0.25, 0.3) is 10.8 Å². The molecule has 2 amide bonds. The van der Waals surface area contributed by atoms with Crippen molar-refractivity contribution in [1.29, 1.82) is 0 Å². The molecule has 1 fully saturated rings. The topological polar surface area (TPSA) is 83.4 Å². The molecule has 0 radical (unpaired) electrons. The standard InChI is InChI=1S/C21H28N4O3/c1-2-24-12-5-7-17(24)14-23-19(26)9-11-22-20(27)15-25-13-10-16-6-3-4-8-18(16)21(25)28/h3-4,6,8,10,13,17H,2,5,7,9,11-12,14-15H2,1H3,(H,22,27)(H,23,26). The summed E-state index contributed by atoms with van der Waals surface area (Å²) >= 11 is 0. The summed E-state index contributed by atoms with van der Waals surface area (Å²) in [5, 5.41) is 7.11. The molecule has 3 rings (SSSR count). The van der Waals surface area contributed by atoms with Crippen molar-refractivity contribution in [2.45, 2.75) is 38.8 Å². The first-order valence-corrected chi connectivity index (χ1v) is 9.94. The Morgan fingerprint density at radius 3 is 2.79 bits per heavy atom. The van der Waals surface area contributed by atoms with E-state index in [0.29, 0.717) is 18.0 Å². The summed E-state index contributed by atoms with van der Waals surface area (Å²) in [6, 6.07) is 9.53. The van der Waals surface area contributed by atoms with Crippen LogP contribution in [0.15, 0.2) is 41.3 Å². The lowest BCUT2D eigenvalue weighted by Crippen LogP contribution is -2.41. The van der Waals surface area contributed by atoms with Crippen LogP contribution in [0.3, 0.4) is 0 Å². The number of carbonyl (C=O) groups is 2. The molecule has 28 heavy (non-hydrogen) atoms. The van der Waals surface area contributed by atoms with Crippen molar-refractivity contribution in [2.75, 3.05) is 26.2 Å². The molecule has 150 valence electrons. The fraction of sp³-hybridized carbons (Fsp3) is 0.476. The number of likely N-dealkylation sites (N-methyl/N-ethyl adjacent to an activating group) is 1. The van der Waals surface area contributed by atoms with E-state index in [4.69, 9.17) is 0 Å². The third-order valence-corrected chi connectivity index (χ3v) is 5.31. The van der Waals surface area contributed by atoms with Gasteiger partial charge in [-0.15, -0.1) is 0 Å². The Morgan fingerprint density at radius 2 is 1.96 bits per heavy atom. The lowest BCUT2D eigenvalue weighted by atomic mass is 10.2. The van der Waals surface area contributed by atoms with E-state index < -0.39 is 0 Å². The number of likely N-dealkylation sites (tertiary alicyclic amines) is 1. The van der Waals surface area contributed by atoms with Crippen LogP contribution >= 0.6 is 0 Å². The summed E-state index contributed by atoms with van der Waals surface area (Å²) in [5.74, 6) is -0.343. The average Bonchev–Trinajstić information content (AvgIpc) is 3.16. The van der Waals surface area contributed by atoms with Gasteiger partial charge in [0.1, 0.15) is 6.54 Å². The minimum atomic E-state index is -0.280. The van der Waals surface area contributed by atoms with E-state index in [-0.39, 0.29) is 36.9 Å². The zero-order valence-electron chi connectivity index (χ0n) is 16.3. The Balaban J connectivity index is 1.41. The monoisotopic (exact) mass is 384 g/mol. The van der Waals surface area contributed by atoms with Crippen LogP contribution in [0, 0.1) is 0 Å². The minimum Gasteiger partial charge on any atom is -0.354 e. The van der Waals surface area contributed by atoms with Crippen molar-refractivity contribution >= 4 is 22.6 Å². The molecule has 0 saturated carbocycles. The molecular formula is C21H28N4O3. The number of nitrogens with zero attached hydrogens (tertiary/aromatic N) is 2. The molecular weight excluding hydrogens is 356 g/mol. The molecule has 1 atom stereocenters. The van der Waals surface area contributed by atoms with Crippen molar-refractivity contribution in [2.24, 2.45) is 0 Å². The summed E-state index contributed by atoms with van der Waals surface area (Å²) in [6.45, 7) is 5.10. The predicted octanol–water partition coefficient (Wildman–Crippen LogP) is 1.11. The highest BCUT2D eigenvalue weighted by Crippen LogP contribution is 2.15. The number of hydrogen-bond donors (Lipinski definition) is 2. The second kappa shape index (κ2) is 9.50. The molecule has 7 nitrogen and oxygen atoms in total. The summed E-state index contributed by atoms with van der Waals surface area (Å²) < 4.78 is 1.39. The third kappa shape index (κ3) is 4.98. The first-order chi connectivity index (χ1) is 13.6. The van der Waals surface area contributed by atoms with Gasteiger partial charge in [0.15, 0.2) is 0 Å². The Kier molecular flexibility index (Phi) is 6.81. The Bertz CT molecular complexity index is 893.